The normalized spacial score (nSPS) is 16.5. The lowest BCUT2D eigenvalue weighted by molar-refractivity contribution is -0.158. The second kappa shape index (κ2) is 10.9. The molecule has 2 rings (SSSR count). The van der Waals surface area contributed by atoms with Crippen LogP contribution in [0.1, 0.15) is 26.3 Å². The molecule has 1 aromatic carbocycles. The average molecular weight is 377 g/mol. The molecule has 1 heterocycles. The van der Waals surface area contributed by atoms with Crippen molar-refractivity contribution in [1.82, 2.24) is 14.7 Å². The number of amides is 3. The highest BCUT2D eigenvalue weighted by molar-refractivity contribution is 5.96. The fraction of sp³-hybridized carbons (Fsp3) is 0.474. The molecule has 0 radical (unpaired) electrons. The molecule has 8 heteroatoms. The highest BCUT2D eigenvalue weighted by Crippen LogP contribution is 2.16. The van der Waals surface area contributed by atoms with Crippen molar-refractivity contribution in [2.24, 2.45) is 0 Å². The zero-order valence-electron chi connectivity index (χ0n) is 16.0. The van der Waals surface area contributed by atoms with Gasteiger partial charge in [-0.25, -0.2) is 0 Å². The van der Waals surface area contributed by atoms with Crippen LogP contribution in [0.2, 0.25) is 0 Å². The third-order valence-electron chi connectivity index (χ3n) is 4.42. The SMILES string of the molecule is CCN(CC)C(=O)CN1C(=O)CN(Cc2ccccc2)C(=O)[C@H]1C.O=CO. The maximum Gasteiger partial charge on any atom is 0.290 e. The summed E-state index contributed by atoms with van der Waals surface area (Å²) in [5.41, 5.74) is 0.985. The molecule has 1 N–H and O–H groups in total. The van der Waals surface area contributed by atoms with Gasteiger partial charge in [0, 0.05) is 19.6 Å². The van der Waals surface area contributed by atoms with Crippen LogP contribution in [-0.4, -0.2) is 76.2 Å². The van der Waals surface area contributed by atoms with Gasteiger partial charge in [-0.15, -0.1) is 0 Å². The lowest BCUT2D eigenvalue weighted by atomic mass is 10.1. The predicted octanol–water partition coefficient (Wildman–Crippen LogP) is 0.815. The van der Waals surface area contributed by atoms with Crippen LogP contribution < -0.4 is 0 Å². The van der Waals surface area contributed by atoms with Gasteiger partial charge in [0.1, 0.15) is 19.1 Å². The first-order valence-corrected chi connectivity index (χ1v) is 8.87. The third-order valence-corrected chi connectivity index (χ3v) is 4.42. The van der Waals surface area contributed by atoms with Crippen molar-refractivity contribution in [2.75, 3.05) is 26.2 Å². The van der Waals surface area contributed by atoms with E-state index >= 15 is 0 Å². The van der Waals surface area contributed by atoms with Gasteiger partial charge in [0.05, 0.1) is 0 Å². The summed E-state index contributed by atoms with van der Waals surface area (Å²) >= 11 is 0. The first-order valence-electron chi connectivity index (χ1n) is 8.87. The van der Waals surface area contributed by atoms with Crippen LogP contribution in [0, 0.1) is 0 Å². The Labute approximate surface area is 159 Å². The fourth-order valence-corrected chi connectivity index (χ4v) is 2.93. The number of benzene rings is 1. The van der Waals surface area contributed by atoms with E-state index in [1.807, 2.05) is 44.2 Å². The number of likely N-dealkylation sites (N-methyl/N-ethyl adjacent to an activating group) is 1. The number of hydrogen-bond acceptors (Lipinski definition) is 4. The van der Waals surface area contributed by atoms with Gasteiger partial charge in [0.15, 0.2) is 0 Å². The minimum Gasteiger partial charge on any atom is -0.483 e. The molecule has 0 spiro atoms. The number of carboxylic acid groups (broad SMARTS) is 1. The van der Waals surface area contributed by atoms with E-state index in [1.54, 1.807) is 16.7 Å². The van der Waals surface area contributed by atoms with Crippen LogP contribution in [0.15, 0.2) is 30.3 Å². The summed E-state index contributed by atoms with van der Waals surface area (Å²) in [5.74, 6) is -0.422. The van der Waals surface area contributed by atoms with E-state index in [0.717, 1.165) is 5.56 Å². The van der Waals surface area contributed by atoms with Crippen molar-refractivity contribution in [3.8, 4) is 0 Å². The summed E-state index contributed by atoms with van der Waals surface area (Å²) in [4.78, 5) is 50.3. The van der Waals surface area contributed by atoms with Crippen molar-refractivity contribution in [3.63, 3.8) is 0 Å². The van der Waals surface area contributed by atoms with E-state index in [2.05, 4.69) is 0 Å². The molecule has 1 saturated heterocycles. The Morgan fingerprint density at radius 1 is 1.22 bits per heavy atom. The van der Waals surface area contributed by atoms with E-state index in [4.69, 9.17) is 9.90 Å². The predicted molar refractivity (Wildman–Crippen MR) is 99.7 cm³/mol. The van der Waals surface area contributed by atoms with Crippen LogP contribution in [-0.2, 0) is 25.7 Å². The molecule has 27 heavy (non-hydrogen) atoms. The van der Waals surface area contributed by atoms with Gasteiger partial charge in [0.25, 0.3) is 6.47 Å². The monoisotopic (exact) mass is 377 g/mol. The molecule has 1 aromatic rings. The molecule has 1 atom stereocenters. The minimum absolute atomic E-state index is 0.0175. The molecule has 0 aliphatic carbocycles. The van der Waals surface area contributed by atoms with Crippen LogP contribution in [0.5, 0.6) is 0 Å². The van der Waals surface area contributed by atoms with Gasteiger partial charge in [-0.3, -0.25) is 19.2 Å². The van der Waals surface area contributed by atoms with E-state index in [9.17, 15) is 14.4 Å². The Bertz CT molecular complexity index is 646. The van der Waals surface area contributed by atoms with Crippen LogP contribution >= 0.6 is 0 Å². The lowest BCUT2D eigenvalue weighted by Crippen LogP contribution is -2.60. The molecule has 3 amide bonds. The molecule has 1 aliphatic heterocycles. The summed E-state index contributed by atoms with van der Waals surface area (Å²) in [5, 5.41) is 6.89. The molecule has 0 saturated carbocycles. The van der Waals surface area contributed by atoms with Crippen molar-refractivity contribution < 1.29 is 24.3 Å². The van der Waals surface area contributed by atoms with Crippen LogP contribution in [0.25, 0.3) is 0 Å². The zero-order valence-corrected chi connectivity index (χ0v) is 16.0. The van der Waals surface area contributed by atoms with Crippen molar-refractivity contribution in [1.29, 1.82) is 0 Å². The number of piperazine rings is 1. The number of nitrogens with zero attached hydrogens (tertiary/aromatic N) is 3. The van der Waals surface area contributed by atoms with Crippen LogP contribution in [0.3, 0.4) is 0 Å². The topological polar surface area (TPSA) is 98.2 Å². The molecule has 8 nitrogen and oxygen atoms in total. The molecular weight excluding hydrogens is 350 g/mol. The summed E-state index contributed by atoms with van der Waals surface area (Å²) in [6.45, 7) is 6.82. The molecular formula is C19H27N3O5. The molecule has 1 fully saturated rings. The fourth-order valence-electron chi connectivity index (χ4n) is 2.93. The summed E-state index contributed by atoms with van der Waals surface area (Å²) in [7, 11) is 0. The second-order valence-corrected chi connectivity index (χ2v) is 6.05. The number of carbonyl (C=O) groups excluding carboxylic acids is 3. The van der Waals surface area contributed by atoms with Gasteiger partial charge in [0.2, 0.25) is 17.7 Å². The quantitative estimate of drug-likeness (QED) is 0.740. The highest BCUT2D eigenvalue weighted by atomic mass is 16.3. The maximum atomic E-state index is 12.6. The first-order chi connectivity index (χ1) is 12.9. The Kier molecular flexibility index (Phi) is 8.98. The smallest absolute Gasteiger partial charge is 0.290 e. The van der Waals surface area contributed by atoms with Gasteiger partial charge >= 0.3 is 0 Å². The summed E-state index contributed by atoms with van der Waals surface area (Å²) < 4.78 is 0. The lowest BCUT2D eigenvalue weighted by Gasteiger charge is -2.39. The number of hydrogen-bond donors (Lipinski definition) is 1. The molecule has 1 aliphatic rings. The average Bonchev–Trinajstić information content (AvgIpc) is 2.65. The van der Waals surface area contributed by atoms with E-state index < -0.39 is 6.04 Å². The Hall–Kier alpha value is -2.90. The van der Waals surface area contributed by atoms with Crippen LogP contribution in [0.4, 0.5) is 0 Å². The van der Waals surface area contributed by atoms with Crippen molar-refractivity contribution >= 4 is 24.2 Å². The van der Waals surface area contributed by atoms with Gasteiger partial charge in [-0.05, 0) is 26.3 Å². The van der Waals surface area contributed by atoms with E-state index in [0.29, 0.717) is 19.6 Å². The summed E-state index contributed by atoms with van der Waals surface area (Å²) in [6, 6.07) is 8.97. The van der Waals surface area contributed by atoms with Gasteiger partial charge in [-0.1, -0.05) is 30.3 Å². The Balaban J connectivity index is 0.00000114. The Morgan fingerprint density at radius 2 is 1.78 bits per heavy atom. The number of carbonyl (C=O) groups is 4. The highest BCUT2D eigenvalue weighted by Gasteiger charge is 2.37. The Morgan fingerprint density at radius 3 is 2.30 bits per heavy atom. The molecule has 148 valence electrons. The standard InChI is InChI=1S/C18H25N3O3.CH2O2/c1-4-19(5-2)16(22)13-21-14(3)18(24)20(12-17(21)23)11-15-9-7-6-8-10-15;2-1-3/h6-10,14H,4-5,11-13H2,1-3H3;1H,(H,2,3)/t14-;/m1./s1. The van der Waals surface area contributed by atoms with Crippen molar-refractivity contribution in [2.45, 2.75) is 33.4 Å². The molecule has 0 aromatic heterocycles. The van der Waals surface area contributed by atoms with Gasteiger partial charge in [-0.2, -0.15) is 0 Å². The van der Waals surface area contributed by atoms with E-state index in [-0.39, 0.29) is 37.3 Å². The first kappa shape index (κ1) is 22.1. The zero-order chi connectivity index (χ0) is 20.4. The van der Waals surface area contributed by atoms with Gasteiger partial charge < -0.3 is 19.8 Å². The van der Waals surface area contributed by atoms with E-state index in [1.165, 1.54) is 4.90 Å². The number of rotatable bonds is 6. The summed E-state index contributed by atoms with van der Waals surface area (Å²) in [6.07, 6.45) is 0. The second-order valence-electron chi connectivity index (χ2n) is 6.05. The maximum absolute atomic E-state index is 12.6. The molecule has 0 unspecified atom stereocenters. The minimum atomic E-state index is -0.616. The third kappa shape index (κ3) is 6.09. The molecule has 0 bridgehead atoms. The largest absolute Gasteiger partial charge is 0.483 e. The van der Waals surface area contributed by atoms with Crippen molar-refractivity contribution in [3.05, 3.63) is 35.9 Å².